The van der Waals surface area contributed by atoms with Crippen LogP contribution in [0.25, 0.3) is 0 Å². The predicted octanol–water partition coefficient (Wildman–Crippen LogP) is 3.34. The minimum Gasteiger partial charge on any atom is -0.497 e. The molecule has 0 saturated carbocycles. The highest BCUT2D eigenvalue weighted by Crippen LogP contribution is 2.23. The molecule has 112 valence electrons. The van der Waals surface area contributed by atoms with Crippen molar-refractivity contribution in [1.29, 1.82) is 0 Å². The van der Waals surface area contributed by atoms with Crippen molar-refractivity contribution in [2.45, 2.75) is 33.7 Å². The minimum atomic E-state index is -0.164. The molecule has 0 radical (unpaired) electrons. The predicted molar refractivity (Wildman–Crippen MR) is 83.0 cm³/mol. The molecule has 5 nitrogen and oxygen atoms in total. The topological polar surface area (TPSA) is 56.1 Å². The Bertz CT molecular complexity index is 660. The summed E-state index contributed by atoms with van der Waals surface area (Å²) in [6.45, 7) is 7.98. The molecule has 21 heavy (non-hydrogen) atoms. The van der Waals surface area contributed by atoms with Gasteiger partial charge in [0.15, 0.2) is 0 Å². The first-order valence-electron chi connectivity index (χ1n) is 6.95. The summed E-state index contributed by atoms with van der Waals surface area (Å²) in [5.74, 6) is 0.498. The van der Waals surface area contributed by atoms with Crippen LogP contribution in [0.2, 0.25) is 0 Å². The Morgan fingerprint density at radius 2 is 2.05 bits per heavy atom. The van der Waals surface area contributed by atoms with E-state index < -0.39 is 0 Å². The summed E-state index contributed by atoms with van der Waals surface area (Å²) in [5.41, 5.74) is 3.11. The van der Waals surface area contributed by atoms with Gasteiger partial charge < -0.3 is 10.1 Å². The van der Waals surface area contributed by atoms with Gasteiger partial charge in [0.25, 0.3) is 5.91 Å². The molecular weight excluding hydrogens is 266 g/mol. The highest BCUT2D eigenvalue weighted by atomic mass is 16.5. The van der Waals surface area contributed by atoms with Gasteiger partial charge in [0, 0.05) is 11.6 Å². The third-order valence-electron chi connectivity index (χ3n) is 3.38. The highest BCUT2D eigenvalue weighted by molar-refractivity contribution is 6.05. The van der Waals surface area contributed by atoms with Crippen LogP contribution in [0.15, 0.2) is 24.3 Å². The molecule has 0 saturated heterocycles. The van der Waals surface area contributed by atoms with Gasteiger partial charge in [-0.05, 0) is 45.9 Å². The fraction of sp³-hybridized carbons (Fsp3) is 0.375. The largest absolute Gasteiger partial charge is 0.497 e. The Morgan fingerprint density at radius 3 is 2.62 bits per heavy atom. The molecule has 0 unspecified atom stereocenters. The number of anilines is 1. The summed E-state index contributed by atoms with van der Waals surface area (Å²) in [7, 11) is 1.58. The van der Waals surface area contributed by atoms with Crippen LogP contribution in [0.1, 0.15) is 41.6 Å². The molecule has 0 aliphatic carbocycles. The van der Waals surface area contributed by atoms with Gasteiger partial charge in [0.2, 0.25) is 0 Å². The van der Waals surface area contributed by atoms with Crippen LogP contribution in [0.3, 0.4) is 0 Å². The van der Waals surface area contributed by atoms with E-state index >= 15 is 0 Å². The summed E-state index contributed by atoms with van der Waals surface area (Å²) < 4.78 is 7.06. The van der Waals surface area contributed by atoms with E-state index in [1.165, 1.54) is 0 Å². The number of carbonyl (C=O) groups is 1. The van der Waals surface area contributed by atoms with Crippen LogP contribution in [-0.4, -0.2) is 22.8 Å². The van der Waals surface area contributed by atoms with Crippen molar-refractivity contribution in [2.75, 3.05) is 12.4 Å². The van der Waals surface area contributed by atoms with Crippen molar-refractivity contribution in [3.8, 4) is 5.75 Å². The van der Waals surface area contributed by atoms with Crippen LogP contribution < -0.4 is 10.1 Å². The smallest absolute Gasteiger partial charge is 0.255 e. The number of rotatable bonds is 4. The molecule has 0 atom stereocenters. The molecular formula is C16H21N3O2. The van der Waals surface area contributed by atoms with Gasteiger partial charge in [-0.15, -0.1) is 0 Å². The number of amides is 1. The molecule has 0 bridgehead atoms. The maximum atomic E-state index is 12.4. The SMILES string of the molecule is COc1cccc(C(=O)Nc2c(C)nn(C(C)C)c2C)c1. The Morgan fingerprint density at radius 1 is 1.33 bits per heavy atom. The van der Waals surface area contributed by atoms with Crippen LogP contribution in [0.5, 0.6) is 5.75 Å². The number of nitrogens with one attached hydrogen (secondary N) is 1. The molecule has 1 aromatic heterocycles. The second-order valence-electron chi connectivity index (χ2n) is 5.27. The van der Waals surface area contributed by atoms with Gasteiger partial charge in [-0.3, -0.25) is 9.48 Å². The van der Waals surface area contributed by atoms with Gasteiger partial charge in [0.1, 0.15) is 5.75 Å². The number of aryl methyl sites for hydroxylation is 1. The Hall–Kier alpha value is -2.30. The zero-order valence-electron chi connectivity index (χ0n) is 13.1. The average molecular weight is 287 g/mol. The summed E-state index contributed by atoms with van der Waals surface area (Å²) in [6, 6.07) is 7.34. The van der Waals surface area contributed by atoms with Crippen molar-refractivity contribution < 1.29 is 9.53 Å². The molecule has 0 spiro atoms. The standard InChI is InChI=1S/C16H21N3O2/c1-10(2)19-12(4)15(11(3)18-19)17-16(20)13-7-6-8-14(9-13)21-5/h6-10H,1-5H3,(H,17,20). The molecule has 0 aliphatic rings. The van der Waals surface area contributed by atoms with E-state index in [1.54, 1.807) is 25.3 Å². The zero-order chi connectivity index (χ0) is 15.6. The maximum Gasteiger partial charge on any atom is 0.255 e. The molecule has 1 N–H and O–H groups in total. The van der Waals surface area contributed by atoms with Crippen molar-refractivity contribution in [3.05, 3.63) is 41.2 Å². The number of aromatic nitrogens is 2. The second-order valence-corrected chi connectivity index (χ2v) is 5.27. The van der Waals surface area contributed by atoms with E-state index in [-0.39, 0.29) is 11.9 Å². The maximum absolute atomic E-state index is 12.4. The van der Waals surface area contributed by atoms with Crippen molar-refractivity contribution in [3.63, 3.8) is 0 Å². The van der Waals surface area contributed by atoms with Gasteiger partial charge in [0.05, 0.1) is 24.2 Å². The summed E-state index contributed by atoms with van der Waals surface area (Å²) >= 11 is 0. The van der Waals surface area contributed by atoms with E-state index in [9.17, 15) is 4.79 Å². The first-order chi connectivity index (χ1) is 9.93. The quantitative estimate of drug-likeness (QED) is 0.938. The third kappa shape index (κ3) is 3.07. The number of hydrogen-bond donors (Lipinski definition) is 1. The van der Waals surface area contributed by atoms with Crippen LogP contribution in [-0.2, 0) is 0 Å². The lowest BCUT2D eigenvalue weighted by Crippen LogP contribution is -2.13. The summed E-state index contributed by atoms with van der Waals surface area (Å²) in [6.07, 6.45) is 0. The minimum absolute atomic E-state index is 0.164. The fourth-order valence-corrected chi connectivity index (χ4v) is 2.30. The number of methoxy groups -OCH3 is 1. The van der Waals surface area contributed by atoms with Crippen LogP contribution in [0, 0.1) is 13.8 Å². The van der Waals surface area contributed by atoms with Crippen molar-refractivity contribution in [2.24, 2.45) is 0 Å². The molecule has 0 fully saturated rings. The fourth-order valence-electron chi connectivity index (χ4n) is 2.30. The van der Waals surface area contributed by atoms with Gasteiger partial charge >= 0.3 is 0 Å². The first kappa shape index (κ1) is 15.1. The number of hydrogen-bond acceptors (Lipinski definition) is 3. The van der Waals surface area contributed by atoms with Crippen LogP contribution in [0.4, 0.5) is 5.69 Å². The van der Waals surface area contributed by atoms with E-state index in [2.05, 4.69) is 24.3 Å². The van der Waals surface area contributed by atoms with Gasteiger partial charge in [-0.25, -0.2) is 0 Å². The second kappa shape index (κ2) is 5.99. The van der Waals surface area contributed by atoms with E-state index in [4.69, 9.17) is 4.74 Å². The van der Waals surface area contributed by atoms with Crippen LogP contribution >= 0.6 is 0 Å². The van der Waals surface area contributed by atoms with Gasteiger partial charge in [-0.2, -0.15) is 5.10 Å². The normalized spacial score (nSPS) is 10.8. The van der Waals surface area contributed by atoms with E-state index in [1.807, 2.05) is 24.6 Å². The molecule has 1 amide bonds. The third-order valence-corrected chi connectivity index (χ3v) is 3.38. The lowest BCUT2D eigenvalue weighted by atomic mass is 10.2. The van der Waals surface area contributed by atoms with E-state index in [0.717, 1.165) is 17.1 Å². The number of carbonyl (C=O) groups excluding carboxylic acids is 1. The molecule has 1 aromatic carbocycles. The zero-order valence-corrected chi connectivity index (χ0v) is 13.1. The summed E-state index contributed by atoms with van der Waals surface area (Å²) in [4.78, 5) is 12.4. The lowest BCUT2D eigenvalue weighted by Gasteiger charge is -2.10. The molecule has 5 heteroatoms. The van der Waals surface area contributed by atoms with Crippen molar-refractivity contribution >= 4 is 11.6 Å². The molecule has 2 aromatic rings. The average Bonchev–Trinajstić information content (AvgIpc) is 2.75. The number of ether oxygens (including phenoxy) is 1. The molecule has 2 rings (SSSR count). The van der Waals surface area contributed by atoms with E-state index in [0.29, 0.717) is 11.3 Å². The monoisotopic (exact) mass is 287 g/mol. The first-order valence-corrected chi connectivity index (χ1v) is 6.95. The van der Waals surface area contributed by atoms with Gasteiger partial charge in [-0.1, -0.05) is 6.07 Å². The van der Waals surface area contributed by atoms with Crippen molar-refractivity contribution in [1.82, 2.24) is 9.78 Å². The Kier molecular flexibility index (Phi) is 4.31. The summed E-state index contributed by atoms with van der Waals surface area (Å²) in [5, 5.41) is 7.41. The lowest BCUT2D eigenvalue weighted by molar-refractivity contribution is 0.102. The molecule has 0 aliphatic heterocycles. The Balaban J connectivity index is 2.27. The number of benzene rings is 1. The Labute approximate surface area is 124 Å². The highest BCUT2D eigenvalue weighted by Gasteiger charge is 2.16. The molecule has 1 heterocycles. The number of nitrogens with zero attached hydrogens (tertiary/aromatic N) is 2.